The maximum atomic E-state index is 8.99. The Morgan fingerprint density at radius 3 is 2.48 bits per heavy atom. The van der Waals surface area contributed by atoms with Gasteiger partial charge in [0, 0.05) is 36.8 Å². The largest absolute Gasteiger partial charge is 0.497 e. The highest BCUT2D eigenvalue weighted by atomic mass is 16.5. The SMILES string of the molecule is COc1ccc(/C(N)=N/O)c(N2CC(C)N(C)C(C)C2)c1. The summed E-state index contributed by atoms with van der Waals surface area (Å²) >= 11 is 0. The van der Waals surface area contributed by atoms with E-state index in [1.807, 2.05) is 18.2 Å². The number of nitrogens with two attached hydrogens (primary N) is 1. The number of hydrogen-bond acceptors (Lipinski definition) is 5. The Morgan fingerprint density at radius 1 is 1.33 bits per heavy atom. The average Bonchev–Trinajstić information content (AvgIpc) is 2.50. The van der Waals surface area contributed by atoms with Crippen molar-refractivity contribution in [2.24, 2.45) is 10.9 Å². The van der Waals surface area contributed by atoms with E-state index in [9.17, 15) is 0 Å². The quantitative estimate of drug-likeness (QED) is 0.380. The predicted octanol–water partition coefficient (Wildman–Crippen LogP) is 1.32. The Labute approximate surface area is 125 Å². The van der Waals surface area contributed by atoms with Crippen LogP contribution in [0.2, 0.25) is 0 Å². The van der Waals surface area contributed by atoms with Crippen LogP contribution in [0.25, 0.3) is 0 Å². The Balaban J connectivity index is 2.41. The summed E-state index contributed by atoms with van der Waals surface area (Å²) in [6.45, 7) is 6.18. The molecule has 0 radical (unpaired) electrons. The van der Waals surface area contributed by atoms with Gasteiger partial charge >= 0.3 is 0 Å². The zero-order valence-electron chi connectivity index (χ0n) is 13.1. The molecule has 1 fully saturated rings. The highest BCUT2D eigenvalue weighted by Gasteiger charge is 2.28. The number of amidine groups is 1. The zero-order valence-corrected chi connectivity index (χ0v) is 13.1. The Kier molecular flexibility index (Phi) is 4.57. The monoisotopic (exact) mass is 292 g/mol. The Bertz CT molecular complexity index is 520. The smallest absolute Gasteiger partial charge is 0.172 e. The van der Waals surface area contributed by atoms with Gasteiger partial charge in [0.15, 0.2) is 5.84 Å². The van der Waals surface area contributed by atoms with E-state index in [-0.39, 0.29) is 5.84 Å². The van der Waals surface area contributed by atoms with Gasteiger partial charge in [-0.15, -0.1) is 0 Å². The molecule has 0 aliphatic carbocycles. The fourth-order valence-electron chi connectivity index (χ4n) is 2.77. The summed E-state index contributed by atoms with van der Waals surface area (Å²) in [7, 11) is 3.78. The van der Waals surface area contributed by atoms with Gasteiger partial charge in [0.25, 0.3) is 0 Å². The lowest BCUT2D eigenvalue weighted by Gasteiger charge is -2.44. The third-order valence-corrected chi connectivity index (χ3v) is 4.29. The highest BCUT2D eigenvalue weighted by Crippen LogP contribution is 2.29. The molecule has 1 saturated heterocycles. The van der Waals surface area contributed by atoms with E-state index < -0.39 is 0 Å². The summed E-state index contributed by atoms with van der Waals surface area (Å²) in [6.07, 6.45) is 0. The molecule has 116 valence electrons. The molecule has 2 atom stereocenters. The second kappa shape index (κ2) is 6.22. The third kappa shape index (κ3) is 3.05. The third-order valence-electron chi connectivity index (χ3n) is 4.29. The summed E-state index contributed by atoms with van der Waals surface area (Å²) < 4.78 is 5.31. The minimum atomic E-state index is 0.117. The van der Waals surface area contributed by atoms with Crippen molar-refractivity contribution in [2.75, 3.05) is 32.1 Å². The van der Waals surface area contributed by atoms with Crippen molar-refractivity contribution in [1.82, 2.24) is 4.90 Å². The van der Waals surface area contributed by atoms with Gasteiger partial charge in [-0.3, -0.25) is 4.90 Å². The van der Waals surface area contributed by atoms with E-state index >= 15 is 0 Å². The molecule has 1 aromatic carbocycles. The first-order chi connectivity index (χ1) is 9.97. The van der Waals surface area contributed by atoms with Crippen molar-refractivity contribution in [2.45, 2.75) is 25.9 Å². The number of piperazine rings is 1. The topological polar surface area (TPSA) is 74.3 Å². The molecule has 1 aromatic rings. The molecule has 0 bridgehead atoms. The number of anilines is 1. The lowest BCUT2D eigenvalue weighted by molar-refractivity contribution is 0.170. The molecule has 0 spiro atoms. The van der Waals surface area contributed by atoms with Gasteiger partial charge in [0.1, 0.15) is 5.75 Å². The van der Waals surface area contributed by atoms with Crippen molar-refractivity contribution >= 4 is 11.5 Å². The number of oxime groups is 1. The predicted molar refractivity (Wildman–Crippen MR) is 84.4 cm³/mol. The van der Waals surface area contributed by atoms with Gasteiger partial charge in [-0.2, -0.15) is 0 Å². The number of benzene rings is 1. The van der Waals surface area contributed by atoms with E-state index in [1.54, 1.807) is 7.11 Å². The molecule has 0 saturated carbocycles. The number of ether oxygens (including phenoxy) is 1. The standard InChI is InChI=1S/C15H24N4O2/c1-10-8-19(9-11(2)18(10)3)14-7-12(21-4)5-6-13(14)15(16)17-20/h5-7,10-11,20H,8-9H2,1-4H3,(H2,16,17). The Morgan fingerprint density at radius 2 is 1.95 bits per heavy atom. The fourth-order valence-corrected chi connectivity index (χ4v) is 2.77. The van der Waals surface area contributed by atoms with Gasteiger partial charge in [0.05, 0.1) is 12.8 Å². The average molecular weight is 292 g/mol. The van der Waals surface area contributed by atoms with Crippen molar-refractivity contribution < 1.29 is 9.94 Å². The second-order valence-corrected chi connectivity index (χ2v) is 5.64. The molecule has 2 rings (SSSR count). The van der Waals surface area contributed by atoms with Crippen molar-refractivity contribution in [3.8, 4) is 5.75 Å². The highest BCUT2D eigenvalue weighted by molar-refractivity contribution is 6.02. The molecule has 0 amide bonds. The maximum Gasteiger partial charge on any atom is 0.172 e. The zero-order chi connectivity index (χ0) is 15.6. The van der Waals surface area contributed by atoms with E-state index in [0.29, 0.717) is 12.1 Å². The van der Waals surface area contributed by atoms with Gasteiger partial charge in [-0.25, -0.2) is 0 Å². The van der Waals surface area contributed by atoms with Crippen LogP contribution in [0.1, 0.15) is 19.4 Å². The molecule has 2 unspecified atom stereocenters. The normalized spacial score (nSPS) is 24.2. The first-order valence-corrected chi connectivity index (χ1v) is 7.10. The molecular weight excluding hydrogens is 268 g/mol. The number of likely N-dealkylation sites (N-methyl/N-ethyl adjacent to an activating group) is 1. The van der Waals surface area contributed by atoms with E-state index in [4.69, 9.17) is 15.7 Å². The molecule has 1 aliphatic heterocycles. The van der Waals surface area contributed by atoms with E-state index in [1.165, 1.54) is 0 Å². The maximum absolute atomic E-state index is 8.99. The van der Waals surface area contributed by atoms with Crippen LogP contribution in [0.4, 0.5) is 5.69 Å². The molecule has 3 N–H and O–H groups in total. The van der Waals surface area contributed by atoms with E-state index in [0.717, 1.165) is 30.1 Å². The summed E-state index contributed by atoms with van der Waals surface area (Å²) in [5.41, 5.74) is 7.48. The van der Waals surface area contributed by atoms with E-state index in [2.05, 4.69) is 35.9 Å². The van der Waals surface area contributed by atoms with Crippen molar-refractivity contribution in [3.63, 3.8) is 0 Å². The second-order valence-electron chi connectivity index (χ2n) is 5.64. The van der Waals surface area contributed by atoms with Crippen molar-refractivity contribution in [3.05, 3.63) is 23.8 Å². The minimum absolute atomic E-state index is 0.117. The molecule has 1 heterocycles. The van der Waals surface area contributed by atoms with Gasteiger partial charge in [-0.1, -0.05) is 5.16 Å². The molecule has 6 nitrogen and oxygen atoms in total. The van der Waals surface area contributed by atoms with Crippen LogP contribution in [-0.2, 0) is 0 Å². The molecule has 1 aliphatic rings. The van der Waals surface area contributed by atoms with Gasteiger partial charge in [-0.05, 0) is 33.0 Å². The number of nitrogens with zero attached hydrogens (tertiary/aromatic N) is 3. The lowest BCUT2D eigenvalue weighted by Crippen LogP contribution is -2.55. The van der Waals surface area contributed by atoms with Gasteiger partial charge < -0.3 is 20.6 Å². The molecule has 21 heavy (non-hydrogen) atoms. The summed E-state index contributed by atoms with van der Waals surface area (Å²) in [5, 5.41) is 12.1. The summed E-state index contributed by atoms with van der Waals surface area (Å²) in [5.74, 6) is 0.880. The van der Waals surface area contributed by atoms with Crippen LogP contribution in [0.15, 0.2) is 23.4 Å². The Hall–Kier alpha value is -1.95. The minimum Gasteiger partial charge on any atom is -0.497 e. The first kappa shape index (κ1) is 15.4. The van der Waals surface area contributed by atoms with Crippen LogP contribution in [-0.4, -0.2) is 55.3 Å². The van der Waals surface area contributed by atoms with Crippen LogP contribution in [0, 0.1) is 0 Å². The molecule has 0 aromatic heterocycles. The molecule has 6 heteroatoms. The number of methoxy groups -OCH3 is 1. The van der Waals surface area contributed by atoms with Crippen LogP contribution in [0.3, 0.4) is 0 Å². The number of rotatable bonds is 3. The first-order valence-electron chi connectivity index (χ1n) is 7.10. The van der Waals surface area contributed by atoms with Crippen LogP contribution in [0.5, 0.6) is 5.75 Å². The fraction of sp³-hybridized carbons (Fsp3) is 0.533. The summed E-state index contributed by atoms with van der Waals surface area (Å²) in [4.78, 5) is 4.63. The van der Waals surface area contributed by atoms with Crippen LogP contribution < -0.4 is 15.4 Å². The van der Waals surface area contributed by atoms with Crippen LogP contribution >= 0.6 is 0 Å². The van der Waals surface area contributed by atoms with Crippen molar-refractivity contribution in [1.29, 1.82) is 0 Å². The van der Waals surface area contributed by atoms with Gasteiger partial charge in [0.2, 0.25) is 0 Å². The number of hydrogen-bond donors (Lipinski definition) is 2. The summed E-state index contributed by atoms with van der Waals surface area (Å²) in [6, 6.07) is 6.45. The lowest BCUT2D eigenvalue weighted by atomic mass is 10.0. The molecular formula is C15H24N4O2.